The van der Waals surface area contributed by atoms with E-state index in [1.165, 1.54) is 18.6 Å². The molecule has 1 aromatic rings. The molecule has 0 unspecified atom stereocenters. The highest BCUT2D eigenvalue weighted by molar-refractivity contribution is 5.90. The molecule has 1 aliphatic rings. The molecule has 0 aliphatic carbocycles. The minimum Gasteiger partial charge on any atom is -0.326 e. The van der Waals surface area contributed by atoms with E-state index in [0.29, 0.717) is 13.0 Å². The first-order chi connectivity index (χ1) is 9.95. The first kappa shape index (κ1) is 15.8. The van der Waals surface area contributed by atoms with Crippen LogP contribution in [0.15, 0.2) is 24.3 Å². The molecule has 116 valence electrons. The molecule has 1 amide bonds. The summed E-state index contributed by atoms with van der Waals surface area (Å²) in [5.41, 5.74) is -0.565. The van der Waals surface area contributed by atoms with E-state index >= 15 is 0 Å². The van der Waals surface area contributed by atoms with Crippen LogP contribution in [0, 0.1) is 0 Å². The van der Waals surface area contributed by atoms with Gasteiger partial charge in [0.2, 0.25) is 5.91 Å². The molecule has 0 saturated carbocycles. The van der Waals surface area contributed by atoms with Gasteiger partial charge >= 0.3 is 6.18 Å². The number of hydrogen-bond donors (Lipinski definition) is 1. The fourth-order valence-corrected chi connectivity index (χ4v) is 2.44. The molecular formula is C15H19F3N2O. The number of anilines is 1. The fraction of sp³-hybridized carbons (Fsp3) is 0.533. The lowest BCUT2D eigenvalue weighted by molar-refractivity contribution is -0.137. The van der Waals surface area contributed by atoms with Gasteiger partial charge in [-0.2, -0.15) is 13.2 Å². The summed E-state index contributed by atoms with van der Waals surface area (Å²) in [5, 5.41) is 2.53. The predicted octanol–water partition coefficient (Wildman–Crippen LogP) is 3.52. The van der Waals surface area contributed by atoms with Crippen LogP contribution in [0.5, 0.6) is 0 Å². The Morgan fingerprint density at radius 3 is 2.57 bits per heavy atom. The van der Waals surface area contributed by atoms with Crippen molar-refractivity contribution in [2.75, 3.05) is 25.0 Å². The zero-order valence-corrected chi connectivity index (χ0v) is 11.7. The second-order valence-corrected chi connectivity index (χ2v) is 5.28. The predicted molar refractivity (Wildman–Crippen MR) is 75.0 cm³/mol. The summed E-state index contributed by atoms with van der Waals surface area (Å²) in [6.45, 7) is 2.65. The van der Waals surface area contributed by atoms with Crippen LogP contribution in [0.1, 0.15) is 31.2 Å². The van der Waals surface area contributed by atoms with Crippen LogP contribution in [0.2, 0.25) is 0 Å². The van der Waals surface area contributed by atoms with Crippen molar-refractivity contribution >= 4 is 11.6 Å². The zero-order chi connectivity index (χ0) is 15.3. The van der Waals surface area contributed by atoms with Gasteiger partial charge in [0.05, 0.1) is 5.56 Å². The van der Waals surface area contributed by atoms with Gasteiger partial charge in [0.1, 0.15) is 0 Å². The summed E-state index contributed by atoms with van der Waals surface area (Å²) < 4.78 is 37.7. The Balaban J connectivity index is 1.84. The summed E-state index contributed by atoms with van der Waals surface area (Å²) in [6, 6.07) is 4.71. The van der Waals surface area contributed by atoms with Crippen LogP contribution in [0.4, 0.5) is 18.9 Å². The molecular weight excluding hydrogens is 281 g/mol. The fourth-order valence-electron chi connectivity index (χ4n) is 2.44. The van der Waals surface area contributed by atoms with Crippen molar-refractivity contribution in [3.63, 3.8) is 0 Å². The van der Waals surface area contributed by atoms with Crippen LogP contribution >= 0.6 is 0 Å². The molecule has 0 aromatic heterocycles. The molecule has 0 radical (unpaired) electrons. The topological polar surface area (TPSA) is 32.3 Å². The second-order valence-electron chi connectivity index (χ2n) is 5.28. The zero-order valence-electron chi connectivity index (χ0n) is 11.7. The van der Waals surface area contributed by atoms with Crippen molar-refractivity contribution in [2.45, 2.75) is 31.9 Å². The quantitative estimate of drug-likeness (QED) is 0.922. The third-order valence-corrected chi connectivity index (χ3v) is 3.58. The molecule has 1 heterocycles. The molecule has 0 spiro atoms. The molecule has 1 saturated heterocycles. The third-order valence-electron chi connectivity index (χ3n) is 3.58. The maximum absolute atomic E-state index is 12.6. The minimum atomic E-state index is -4.39. The van der Waals surface area contributed by atoms with E-state index in [9.17, 15) is 18.0 Å². The van der Waals surface area contributed by atoms with Crippen molar-refractivity contribution < 1.29 is 18.0 Å². The average molecular weight is 300 g/mol. The van der Waals surface area contributed by atoms with Crippen molar-refractivity contribution in [2.24, 2.45) is 0 Å². The first-order valence-corrected chi connectivity index (χ1v) is 7.14. The number of amides is 1. The number of hydrogen-bond acceptors (Lipinski definition) is 2. The minimum absolute atomic E-state index is 0.188. The number of nitrogens with one attached hydrogen (secondary N) is 1. The molecule has 3 nitrogen and oxygen atoms in total. The Morgan fingerprint density at radius 2 is 1.90 bits per heavy atom. The smallest absolute Gasteiger partial charge is 0.326 e. The van der Waals surface area contributed by atoms with E-state index in [1.807, 2.05) is 0 Å². The van der Waals surface area contributed by atoms with Crippen LogP contribution < -0.4 is 5.32 Å². The van der Waals surface area contributed by atoms with E-state index in [-0.39, 0.29) is 11.6 Å². The van der Waals surface area contributed by atoms with Crippen molar-refractivity contribution in [1.82, 2.24) is 4.90 Å². The van der Waals surface area contributed by atoms with Gasteiger partial charge in [-0.3, -0.25) is 4.79 Å². The highest BCUT2D eigenvalue weighted by Crippen LogP contribution is 2.30. The van der Waals surface area contributed by atoms with E-state index in [1.54, 1.807) is 0 Å². The van der Waals surface area contributed by atoms with Gasteiger partial charge in [0.15, 0.2) is 0 Å². The largest absolute Gasteiger partial charge is 0.416 e. The normalized spacial score (nSPS) is 16.7. The number of alkyl halides is 3. The van der Waals surface area contributed by atoms with Crippen LogP contribution in [0.25, 0.3) is 0 Å². The van der Waals surface area contributed by atoms with Gasteiger partial charge in [-0.25, -0.2) is 0 Å². The highest BCUT2D eigenvalue weighted by Gasteiger charge is 2.30. The molecule has 1 aliphatic heterocycles. The van der Waals surface area contributed by atoms with E-state index in [4.69, 9.17) is 0 Å². The highest BCUT2D eigenvalue weighted by atomic mass is 19.4. The number of benzene rings is 1. The number of rotatable bonds is 4. The van der Waals surface area contributed by atoms with Crippen molar-refractivity contribution in [1.29, 1.82) is 0 Å². The number of piperidine rings is 1. The SMILES string of the molecule is O=C(CCN1CCCCC1)Nc1cccc(C(F)(F)F)c1. The lowest BCUT2D eigenvalue weighted by Gasteiger charge is -2.25. The lowest BCUT2D eigenvalue weighted by atomic mass is 10.1. The molecule has 0 atom stereocenters. The Morgan fingerprint density at radius 1 is 1.19 bits per heavy atom. The number of nitrogens with zero attached hydrogens (tertiary/aromatic N) is 1. The van der Waals surface area contributed by atoms with E-state index in [2.05, 4.69) is 10.2 Å². The van der Waals surface area contributed by atoms with E-state index in [0.717, 1.165) is 38.1 Å². The summed E-state index contributed by atoms with van der Waals surface area (Å²) in [5.74, 6) is -0.250. The van der Waals surface area contributed by atoms with E-state index < -0.39 is 11.7 Å². The maximum Gasteiger partial charge on any atom is 0.416 e. The molecule has 6 heteroatoms. The molecule has 1 N–H and O–H groups in total. The molecule has 21 heavy (non-hydrogen) atoms. The van der Waals surface area contributed by atoms with Crippen LogP contribution in [0.3, 0.4) is 0 Å². The Kier molecular flexibility index (Phi) is 5.22. The summed E-state index contributed by atoms with van der Waals surface area (Å²) >= 11 is 0. The standard InChI is InChI=1S/C15H19F3N2O/c16-15(17,18)12-5-4-6-13(11-12)19-14(21)7-10-20-8-2-1-3-9-20/h4-6,11H,1-3,7-10H2,(H,19,21). The van der Waals surface area contributed by atoms with Crippen molar-refractivity contribution in [3.8, 4) is 0 Å². The van der Waals surface area contributed by atoms with Gasteiger partial charge in [0, 0.05) is 18.7 Å². The molecule has 1 aromatic carbocycles. The summed E-state index contributed by atoms with van der Waals surface area (Å²) in [6.07, 6.45) is -0.567. The molecule has 1 fully saturated rings. The Labute approximate surface area is 122 Å². The van der Waals surface area contributed by atoms with Crippen LogP contribution in [-0.4, -0.2) is 30.4 Å². The van der Waals surface area contributed by atoms with Gasteiger partial charge in [0.25, 0.3) is 0 Å². The third kappa shape index (κ3) is 5.04. The summed E-state index contributed by atoms with van der Waals surface area (Å²) in [7, 11) is 0. The second kappa shape index (κ2) is 6.93. The lowest BCUT2D eigenvalue weighted by Crippen LogP contribution is -2.32. The van der Waals surface area contributed by atoms with Gasteiger partial charge < -0.3 is 10.2 Å². The van der Waals surface area contributed by atoms with Gasteiger partial charge in [-0.05, 0) is 44.1 Å². The van der Waals surface area contributed by atoms with Crippen LogP contribution in [-0.2, 0) is 11.0 Å². The monoisotopic (exact) mass is 300 g/mol. The number of likely N-dealkylation sites (tertiary alicyclic amines) is 1. The first-order valence-electron chi connectivity index (χ1n) is 7.14. The Bertz CT molecular complexity index is 482. The van der Waals surface area contributed by atoms with Gasteiger partial charge in [-0.15, -0.1) is 0 Å². The van der Waals surface area contributed by atoms with Gasteiger partial charge in [-0.1, -0.05) is 12.5 Å². The van der Waals surface area contributed by atoms with Crippen molar-refractivity contribution in [3.05, 3.63) is 29.8 Å². The summed E-state index contributed by atoms with van der Waals surface area (Å²) in [4.78, 5) is 14.0. The molecule has 2 rings (SSSR count). The number of carbonyl (C=O) groups excluding carboxylic acids is 1. The average Bonchev–Trinajstić information content (AvgIpc) is 2.46. The maximum atomic E-state index is 12.6. The number of carbonyl (C=O) groups is 1. The Hall–Kier alpha value is -1.56. The molecule has 0 bridgehead atoms. The number of halogens is 3.